The molecule has 0 aromatic carbocycles. The van der Waals surface area contributed by atoms with Crippen LogP contribution in [-0.2, 0) is 4.79 Å². The molecule has 1 fully saturated rings. The minimum Gasteiger partial charge on any atom is -0.481 e. The number of piperidine rings is 1. The maximum Gasteiger partial charge on any atom is 0.315 e. The van der Waals surface area contributed by atoms with Crippen molar-refractivity contribution in [3.63, 3.8) is 0 Å². The van der Waals surface area contributed by atoms with E-state index in [2.05, 4.69) is 0 Å². The summed E-state index contributed by atoms with van der Waals surface area (Å²) in [5, 5.41) is 8.83. The van der Waals surface area contributed by atoms with Gasteiger partial charge in [-0.05, 0) is 19.8 Å². The minimum absolute atomic E-state index is 0.288. The molecule has 2 amide bonds. The summed E-state index contributed by atoms with van der Waals surface area (Å²) in [7, 11) is 0. The van der Waals surface area contributed by atoms with E-state index < -0.39 is 17.9 Å². The Morgan fingerprint density at radius 2 is 2.15 bits per heavy atom. The van der Waals surface area contributed by atoms with Crippen molar-refractivity contribution in [1.82, 2.24) is 4.90 Å². The highest BCUT2D eigenvalue weighted by Gasteiger charge is 2.34. The van der Waals surface area contributed by atoms with Crippen LogP contribution in [0.4, 0.5) is 4.79 Å². The smallest absolute Gasteiger partial charge is 0.315 e. The number of urea groups is 1. The van der Waals surface area contributed by atoms with E-state index in [0.29, 0.717) is 19.4 Å². The fourth-order valence-corrected chi connectivity index (χ4v) is 1.78. The van der Waals surface area contributed by atoms with Gasteiger partial charge in [0.25, 0.3) is 0 Å². The van der Waals surface area contributed by atoms with Crippen molar-refractivity contribution in [2.24, 2.45) is 11.7 Å². The lowest BCUT2D eigenvalue weighted by molar-refractivity contribution is -0.144. The van der Waals surface area contributed by atoms with Gasteiger partial charge in [0, 0.05) is 12.6 Å². The Hall–Kier alpha value is -1.26. The number of hydrogen-bond donors (Lipinski definition) is 2. The molecule has 0 saturated carbocycles. The number of carbonyl (C=O) groups excluding carboxylic acids is 1. The minimum atomic E-state index is -0.849. The Kier molecular flexibility index (Phi) is 2.75. The number of carboxylic acid groups (broad SMARTS) is 1. The van der Waals surface area contributed by atoms with Crippen LogP contribution in [0.3, 0.4) is 0 Å². The van der Waals surface area contributed by atoms with Gasteiger partial charge in [0.15, 0.2) is 0 Å². The summed E-state index contributed by atoms with van der Waals surface area (Å²) in [5.74, 6) is -1.32. The molecule has 2 unspecified atom stereocenters. The average Bonchev–Trinajstić information content (AvgIpc) is 2.03. The second kappa shape index (κ2) is 3.64. The number of carbonyl (C=O) groups is 2. The maximum absolute atomic E-state index is 10.9. The first-order valence-corrected chi connectivity index (χ1v) is 4.33. The number of likely N-dealkylation sites (tertiary alicyclic amines) is 1. The van der Waals surface area contributed by atoms with Crippen LogP contribution in [-0.4, -0.2) is 34.6 Å². The lowest BCUT2D eigenvalue weighted by Gasteiger charge is -2.36. The Morgan fingerprint density at radius 3 is 2.62 bits per heavy atom. The number of rotatable bonds is 1. The number of primary amides is 1. The number of nitrogens with two attached hydrogens (primary N) is 1. The van der Waals surface area contributed by atoms with Crippen LogP contribution >= 0.6 is 0 Å². The Morgan fingerprint density at radius 1 is 1.54 bits per heavy atom. The molecule has 0 radical (unpaired) electrons. The number of nitrogens with zero attached hydrogens (tertiary/aromatic N) is 1. The molecule has 2 atom stereocenters. The normalized spacial score (nSPS) is 28.5. The van der Waals surface area contributed by atoms with Gasteiger partial charge in [0.05, 0.1) is 5.92 Å². The largest absolute Gasteiger partial charge is 0.481 e. The predicted molar refractivity (Wildman–Crippen MR) is 46.1 cm³/mol. The summed E-state index contributed by atoms with van der Waals surface area (Å²) < 4.78 is 0. The molecule has 0 aromatic rings. The second-order valence-corrected chi connectivity index (χ2v) is 3.36. The quantitative estimate of drug-likeness (QED) is 0.615. The zero-order valence-electron chi connectivity index (χ0n) is 7.56. The molecule has 5 nitrogen and oxygen atoms in total. The zero-order valence-corrected chi connectivity index (χ0v) is 7.56. The van der Waals surface area contributed by atoms with Crippen molar-refractivity contribution in [3.05, 3.63) is 0 Å². The third-order valence-electron chi connectivity index (χ3n) is 2.59. The third kappa shape index (κ3) is 1.91. The molecule has 1 aliphatic rings. The summed E-state index contributed by atoms with van der Waals surface area (Å²) in [5.41, 5.74) is 5.11. The molecule has 74 valence electrons. The summed E-state index contributed by atoms with van der Waals surface area (Å²) in [6.45, 7) is 2.29. The van der Waals surface area contributed by atoms with Crippen LogP contribution in [0.25, 0.3) is 0 Å². The van der Waals surface area contributed by atoms with E-state index in [4.69, 9.17) is 10.8 Å². The number of aliphatic carboxylic acids is 1. The van der Waals surface area contributed by atoms with Gasteiger partial charge < -0.3 is 15.7 Å². The molecule has 5 heteroatoms. The maximum atomic E-state index is 10.9. The van der Waals surface area contributed by atoms with E-state index in [-0.39, 0.29) is 6.04 Å². The Balaban J connectivity index is 2.71. The molecule has 3 N–H and O–H groups in total. The van der Waals surface area contributed by atoms with Gasteiger partial charge in [0.1, 0.15) is 0 Å². The molecule has 0 spiro atoms. The van der Waals surface area contributed by atoms with E-state index in [1.807, 2.05) is 0 Å². The fraction of sp³-hybridized carbons (Fsp3) is 0.750. The van der Waals surface area contributed by atoms with Crippen LogP contribution in [0.2, 0.25) is 0 Å². The molecule has 1 aliphatic heterocycles. The van der Waals surface area contributed by atoms with Crippen molar-refractivity contribution in [1.29, 1.82) is 0 Å². The SMILES string of the molecule is CC1C(C(=O)O)CCCN1C(N)=O. The average molecular weight is 186 g/mol. The van der Waals surface area contributed by atoms with Gasteiger partial charge >= 0.3 is 12.0 Å². The first-order valence-electron chi connectivity index (χ1n) is 4.33. The van der Waals surface area contributed by atoms with Crippen molar-refractivity contribution in [2.75, 3.05) is 6.54 Å². The van der Waals surface area contributed by atoms with E-state index in [1.165, 1.54) is 4.90 Å². The molecule has 1 heterocycles. The zero-order chi connectivity index (χ0) is 10.0. The molecular formula is C8H14N2O3. The van der Waals surface area contributed by atoms with E-state index in [0.717, 1.165) is 0 Å². The molecule has 0 aliphatic carbocycles. The lowest BCUT2D eigenvalue weighted by Crippen LogP contribution is -2.51. The van der Waals surface area contributed by atoms with Gasteiger partial charge in [0.2, 0.25) is 0 Å². The number of hydrogen-bond acceptors (Lipinski definition) is 2. The van der Waals surface area contributed by atoms with E-state index in [1.54, 1.807) is 6.92 Å². The van der Waals surface area contributed by atoms with E-state index >= 15 is 0 Å². The molecule has 0 aromatic heterocycles. The highest BCUT2D eigenvalue weighted by Crippen LogP contribution is 2.23. The number of amides is 2. The first-order chi connectivity index (χ1) is 6.04. The van der Waals surface area contributed by atoms with Gasteiger partial charge in [-0.25, -0.2) is 4.79 Å². The highest BCUT2D eigenvalue weighted by atomic mass is 16.4. The third-order valence-corrected chi connectivity index (χ3v) is 2.59. The van der Waals surface area contributed by atoms with Gasteiger partial charge in [-0.2, -0.15) is 0 Å². The highest BCUT2D eigenvalue weighted by molar-refractivity contribution is 5.76. The molecule has 1 saturated heterocycles. The summed E-state index contributed by atoms with van der Waals surface area (Å²) in [6, 6.07) is -0.817. The van der Waals surface area contributed by atoms with Crippen molar-refractivity contribution in [2.45, 2.75) is 25.8 Å². The summed E-state index contributed by atoms with van der Waals surface area (Å²) >= 11 is 0. The molecule has 1 rings (SSSR count). The standard InChI is InChI=1S/C8H14N2O3/c1-5-6(7(11)12)3-2-4-10(5)8(9)13/h5-6H,2-4H2,1H3,(H2,9,13)(H,11,12). The van der Waals surface area contributed by atoms with Crippen LogP contribution in [0.15, 0.2) is 0 Å². The van der Waals surface area contributed by atoms with Crippen LogP contribution in [0.1, 0.15) is 19.8 Å². The Bertz CT molecular complexity index is 207. The van der Waals surface area contributed by atoms with Crippen molar-refractivity contribution < 1.29 is 14.7 Å². The van der Waals surface area contributed by atoms with Crippen LogP contribution < -0.4 is 5.73 Å². The number of carboxylic acids is 1. The second-order valence-electron chi connectivity index (χ2n) is 3.36. The van der Waals surface area contributed by atoms with Crippen molar-refractivity contribution >= 4 is 12.0 Å². The molecule has 0 bridgehead atoms. The van der Waals surface area contributed by atoms with Crippen LogP contribution in [0.5, 0.6) is 0 Å². The monoisotopic (exact) mass is 186 g/mol. The van der Waals surface area contributed by atoms with Gasteiger partial charge in [-0.15, -0.1) is 0 Å². The predicted octanol–water partition coefficient (Wildman–Crippen LogP) is 0.250. The summed E-state index contributed by atoms with van der Waals surface area (Å²) in [6.07, 6.45) is 1.34. The topological polar surface area (TPSA) is 83.6 Å². The van der Waals surface area contributed by atoms with Crippen molar-refractivity contribution in [3.8, 4) is 0 Å². The van der Waals surface area contributed by atoms with E-state index in [9.17, 15) is 9.59 Å². The molecule has 13 heavy (non-hydrogen) atoms. The lowest BCUT2D eigenvalue weighted by atomic mass is 9.91. The van der Waals surface area contributed by atoms with Gasteiger partial charge in [-0.3, -0.25) is 4.79 Å². The Labute approximate surface area is 76.5 Å². The van der Waals surface area contributed by atoms with Crippen LogP contribution in [0, 0.1) is 5.92 Å². The molecular weight excluding hydrogens is 172 g/mol. The first kappa shape index (κ1) is 9.83. The van der Waals surface area contributed by atoms with Gasteiger partial charge in [-0.1, -0.05) is 0 Å². The summed E-state index contributed by atoms with van der Waals surface area (Å²) in [4.78, 5) is 23.1. The fourth-order valence-electron chi connectivity index (χ4n) is 1.78.